The molecule has 234 valence electrons. The van der Waals surface area contributed by atoms with Crippen molar-refractivity contribution in [2.24, 2.45) is 0 Å². The molecule has 0 atom stereocenters. The molecule has 2 N–H and O–H groups in total. The normalized spacial score (nSPS) is 11.8. The van der Waals surface area contributed by atoms with Gasteiger partial charge in [0.1, 0.15) is 56.9 Å². The van der Waals surface area contributed by atoms with Crippen LogP contribution in [0.15, 0.2) is 69.9 Å². The second-order valence-electron chi connectivity index (χ2n) is 10.1. The molecule has 45 heavy (non-hydrogen) atoms. The van der Waals surface area contributed by atoms with E-state index in [1.54, 1.807) is 0 Å². The monoisotopic (exact) mass is 670 g/mol. The summed E-state index contributed by atoms with van der Waals surface area (Å²) in [7, 11) is -8.03. The van der Waals surface area contributed by atoms with E-state index in [9.17, 15) is 26.4 Å². The lowest BCUT2D eigenvalue weighted by Crippen LogP contribution is -2.24. The predicted molar refractivity (Wildman–Crippen MR) is 166 cm³/mol. The molecule has 17 heteroatoms. The summed E-state index contributed by atoms with van der Waals surface area (Å²) in [6.45, 7) is 3.88. The van der Waals surface area contributed by atoms with E-state index in [1.807, 2.05) is 62.4 Å². The number of aromatic nitrogens is 4. The van der Waals surface area contributed by atoms with Gasteiger partial charge < -0.3 is 8.83 Å². The molecule has 0 aliphatic carbocycles. The van der Waals surface area contributed by atoms with Gasteiger partial charge in [0.05, 0.1) is 0 Å². The molecule has 0 aliphatic rings. The van der Waals surface area contributed by atoms with Gasteiger partial charge >= 0.3 is 12.0 Å². The molecule has 3 heterocycles. The zero-order valence-electron chi connectivity index (χ0n) is 23.9. The molecule has 0 bridgehead atoms. The van der Waals surface area contributed by atoms with E-state index in [2.05, 4.69) is 30.8 Å². The average Bonchev–Trinajstić information content (AvgIpc) is 3.70. The highest BCUT2D eigenvalue weighted by Crippen LogP contribution is 2.23. The number of oxazole rings is 2. The van der Waals surface area contributed by atoms with Gasteiger partial charge in [0.25, 0.3) is 0 Å². The summed E-state index contributed by atoms with van der Waals surface area (Å²) < 4.78 is 61.0. The van der Waals surface area contributed by atoms with Crippen molar-refractivity contribution in [1.82, 2.24) is 20.2 Å². The number of benzene rings is 2. The average molecular weight is 671 g/mol. The minimum Gasteiger partial charge on any atom is -0.431 e. The molecule has 0 aliphatic heterocycles. The maximum absolute atomic E-state index is 12.6. The van der Waals surface area contributed by atoms with Crippen molar-refractivity contribution in [3.8, 4) is 22.5 Å². The van der Waals surface area contributed by atoms with E-state index in [0.717, 1.165) is 33.6 Å². The summed E-state index contributed by atoms with van der Waals surface area (Å²) in [5.74, 6) is -4.83. The summed E-state index contributed by atoms with van der Waals surface area (Å²) in [6.07, 6.45) is 2.68. The minimum atomic E-state index is -4.01. The Morgan fingerprint density at radius 2 is 1.04 bits per heavy atom. The fourth-order valence-electron chi connectivity index (χ4n) is 3.97. The number of hydrogen-bond acceptors (Lipinski definition) is 13. The van der Waals surface area contributed by atoms with Gasteiger partial charge in [-0.3, -0.25) is 20.2 Å². The molecular weight excluding hydrogens is 645 g/mol. The van der Waals surface area contributed by atoms with E-state index in [4.69, 9.17) is 8.83 Å². The zero-order chi connectivity index (χ0) is 32.2. The molecule has 0 unspecified atom stereocenters. The third kappa shape index (κ3) is 8.90. The van der Waals surface area contributed by atoms with Crippen LogP contribution >= 0.6 is 11.3 Å². The van der Waals surface area contributed by atoms with Crippen molar-refractivity contribution >= 4 is 54.9 Å². The first-order chi connectivity index (χ1) is 21.3. The number of nitrogens with zero attached hydrogens (tertiary/aromatic N) is 4. The highest BCUT2D eigenvalue weighted by atomic mass is 32.2. The molecule has 0 fully saturated rings. The van der Waals surface area contributed by atoms with E-state index in [-0.39, 0.29) is 22.0 Å². The van der Waals surface area contributed by atoms with Crippen LogP contribution in [0.2, 0.25) is 0 Å². The Labute approximate surface area is 261 Å². The fourth-order valence-corrected chi connectivity index (χ4v) is 7.97. The maximum Gasteiger partial charge on any atom is 0.301 e. The van der Waals surface area contributed by atoms with Crippen LogP contribution < -0.4 is 10.6 Å². The number of sulfone groups is 2. The lowest BCUT2D eigenvalue weighted by Gasteiger charge is -2.02. The number of amides is 2. The predicted octanol–water partition coefficient (Wildman–Crippen LogP) is 3.57. The molecular formula is C28H26N6O8S3. The number of anilines is 2. The highest BCUT2D eigenvalue weighted by molar-refractivity contribution is 7.91. The Kier molecular flexibility index (Phi) is 9.21. The largest absolute Gasteiger partial charge is 0.431 e. The Bertz CT molecular complexity index is 1900. The van der Waals surface area contributed by atoms with Crippen molar-refractivity contribution in [2.45, 2.75) is 25.4 Å². The summed E-state index contributed by atoms with van der Waals surface area (Å²) in [6, 6.07) is 14.6. The zero-order valence-corrected chi connectivity index (χ0v) is 26.3. The van der Waals surface area contributed by atoms with Crippen LogP contribution in [0.3, 0.4) is 0 Å². The fraction of sp³-hybridized carbons (Fsp3) is 0.214. The van der Waals surface area contributed by atoms with Crippen molar-refractivity contribution in [1.29, 1.82) is 0 Å². The number of hydrogen-bond donors (Lipinski definition) is 2. The minimum absolute atomic E-state index is 0.0151. The number of rotatable bonds is 12. The molecule has 0 spiro atoms. The Morgan fingerprint density at radius 3 is 1.42 bits per heavy atom. The third-order valence-electron chi connectivity index (χ3n) is 6.09. The molecule has 2 aromatic carbocycles. The number of carbonyl (C=O) groups is 2. The topological polar surface area (TPSA) is 204 Å². The summed E-state index contributed by atoms with van der Waals surface area (Å²) in [5.41, 5.74) is 4.57. The molecule has 0 radical (unpaired) electrons. The van der Waals surface area contributed by atoms with Crippen LogP contribution in [-0.4, -0.2) is 60.3 Å². The van der Waals surface area contributed by atoms with Crippen molar-refractivity contribution in [2.75, 3.05) is 22.1 Å². The summed E-state index contributed by atoms with van der Waals surface area (Å²) in [4.78, 5) is 33.0. The first-order valence-electron chi connectivity index (χ1n) is 13.2. The number of nitrogens with one attached hydrogen (secondary N) is 2. The number of aryl methyl sites for hydroxylation is 2. The van der Waals surface area contributed by atoms with Gasteiger partial charge in [-0.2, -0.15) is 9.97 Å². The van der Waals surface area contributed by atoms with E-state index in [0.29, 0.717) is 11.4 Å². The Morgan fingerprint density at radius 1 is 0.667 bits per heavy atom. The second kappa shape index (κ2) is 13.1. The first kappa shape index (κ1) is 31.7. The quantitative estimate of drug-likeness (QED) is 0.196. The Balaban J connectivity index is 1.11. The van der Waals surface area contributed by atoms with Crippen LogP contribution in [0.25, 0.3) is 22.5 Å². The lowest BCUT2D eigenvalue weighted by molar-refractivity contribution is -0.114. The van der Waals surface area contributed by atoms with Gasteiger partial charge in [0, 0.05) is 11.1 Å². The molecule has 5 aromatic rings. The molecule has 5 rings (SSSR count). The van der Waals surface area contributed by atoms with Crippen LogP contribution in [0.1, 0.15) is 21.1 Å². The maximum atomic E-state index is 12.6. The molecule has 2 amide bonds. The smallest absolute Gasteiger partial charge is 0.301 e. The van der Waals surface area contributed by atoms with Crippen LogP contribution in [-0.2, 0) is 40.8 Å². The van der Waals surface area contributed by atoms with Crippen molar-refractivity contribution in [3.63, 3.8) is 0 Å². The van der Waals surface area contributed by atoms with Gasteiger partial charge in [0.15, 0.2) is 19.7 Å². The highest BCUT2D eigenvalue weighted by Gasteiger charge is 2.24. The summed E-state index contributed by atoms with van der Waals surface area (Å²) >= 11 is 0.747. The van der Waals surface area contributed by atoms with Crippen LogP contribution in [0, 0.1) is 13.8 Å². The van der Waals surface area contributed by atoms with Gasteiger partial charge in [-0.25, -0.2) is 16.8 Å². The first-order valence-corrected chi connectivity index (χ1v) is 17.7. The van der Waals surface area contributed by atoms with Crippen LogP contribution in [0.5, 0.6) is 0 Å². The third-order valence-corrected chi connectivity index (χ3v) is 10.2. The lowest BCUT2D eigenvalue weighted by atomic mass is 10.1. The van der Waals surface area contributed by atoms with Crippen LogP contribution in [0.4, 0.5) is 12.0 Å². The molecule has 3 aromatic heterocycles. The standard InChI is InChI=1S/C28H26N6O8S3/c1-17-3-7-19(8-4-17)21-11-41-27(29-21)31-23(35)13-44(37,38)15-25-33-34-26(43-25)16-45(39,40)14-24(36)32-28-30-22(12-42-28)20-9-5-18(2)6-10-20/h3-12H,13-16H2,1-2H3,(H,29,31,35)(H,30,32,36). The van der Waals surface area contributed by atoms with E-state index < -0.39 is 54.5 Å². The van der Waals surface area contributed by atoms with Crippen molar-refractivity contribution in [3.05, 3.63) is 82.2 Å². The second-order valence-corrected chi connectivity index (χ2v) is 15.3. The van der Waals surface area contributed by atoms with Gasteiger partial charge in [-0.15, -0.1) is 10.2 Å². The van der Waals surface area contributed by atoms with Gasteiger partial charge in [-0.1, -0.05) is 71.0 Å². The summed E-state index contributed by atoms with van der Waals surface area (Å²) in [5, 5.41) is 12.1. The van der Waals surface area contributed by atoms with Gasteiger partial charge in [-0.05, 0) is 13.8 Å². The number of carbonyl (C=O) groups excluding carboxylic acids is 2. The Hall–Kier alpha value is -4.74. The SMILES string of the molecule is Cc1ccc(-c2coc(NC(=O)CS(=O)(=O)Cc3nnc(CS(=O)(=O)CC(=O)Nc4nc(-c5ccc(C)cc5)co4)s3)n2)cc1. The van der Waals surface area contributed by atoms with Gasteiger partial charge in [0.2, 0.25) is 11.8 Å². The van der Waals surface area contributed by atoms with E-state index in [1.165, 1.54) is 12.5 Å². The molecule has 0 saturated carbocycles. The van der Waals surface area contributed by atoms with Crippen molar-refractivity contribution < 1.29 is 35.3 Å². The van der Waals surface area contributed by atoms with E-state index >= 15 is 0 Å². The molecule has 14 nitrogen and oxygen atoms in total. The molecule has 0 saturated heterocycles.